The number of amides is 1. The van der Waals surface area contributed by atoms with Gasteiger partial charge in [-0.3, -0.25) is 9.79 Å². The Hall–Kier alpha value is -1.14. The lowest BCUT2D eigenvalue weighted by Crippen LogP contribution is -2.07. The van der Waals surface area contributed by atoms with E-state index in [1.807, 2.05) is 19.3 Å². The maximum Gasteiger partial charge on any atom is 0.207 e. The molecule has 1 aromatic heterocycles. The Morgan fingerprint density at radius 1 is 1.69 bits per heavy atom. The van der Waals surface area contributed by atoms with Crippen molar-refractivity contribution in [1.29, 1.82) is 0 Å². The van der Waals surface area contributed by atoms with Crippen LogP contribution in [0.1, 0.15) is 15.6 Å². The number of aryl methyl sites for hydroxylation is 2. The highest BCUT2D eigenvalue weighted by molar-refractivity contribution is 8.02. The number of thiazole rings is 1. The molecule has 0 radical (unpaired) electrons. The fraction of sp³-hybridized carbons (Fsp3) is 0.300. The van der Waals surface area contributed by atoms with Crippen LogP contribution >= 0.6 is 23.1 Å². The van der Waals surface area contributed by atoms with Gasteiger partial charge in [-0.15, -0.1) is 23.1 Å². The number of rotatable bonds is 6. The highest BCUT2D eigenvalue weighted by Gasteiger charge is 2.08. The Balaban J connectivity index is 2.77. The number of nitrogens with zero attached hydrogens (tertiary/aromatic N) is 2. The number of aliphatic imine (C=N–C) groups is 1. The summed E-state index contributed by atoms with van der Waals surface area (Å²) in [6.45, 7) is 7.46. The Bertz CT molecular complexity index is 412. The largest absolute Gasteiger partial charge is 0.349 e. The summed E-state index contributed by atoms with van der Waals surface area (Å²) in [5.41, 5.74) is 1.77. The lowest BCUT2D eigenvalue weighted by molar-refractivity contribution is -0.109. The van der Waals surface area contributed by atoms with Crippen molar-refractivity contribution in [2.75, 3.05) is 5.88 Å². The molecular formula is C10H13N3OS2. The van der Waals surface area contributed by atoms with E-state index in [2.05, 4.69) is 22.0 Å². The van der Waals surface area contributed by atoms with Gasteiger partial charge in [-0.1, -0.05) is 0 Å². The van der Waals surface area contributed by atoms with Gasteiger partial charge < -0.3 is 5.32 Å². The molecule has 0 aliphatic rings. The van der Waals surface area contributed by atoms with Gasteiger partial charge in [-0.2, -0.15) is 0 Å². The van der Waals surface area contributed by atoms with Crippen molar-refractivity contribution in [2.45, 2.75) is 13.8 Å². The highest BCUT2D eigenvalue weighted by atomic mass is 32.2. The summed E-state index contributed by atoms with van der Waals surface area (Å²) in [7, 11) is 0. The average Bonchev–Trinajstić information content (AvgIpc) is 2.58. The summed E-state index contributed by atoms with van der Waals surface area (Å²) in [6.07, 6.45) is 0.671. The molecule has 0 unspecified atom stereocenters. The molecule has 4 nitrogen and oxygen atoms in total. The molecule has 6 heteroatoms. The quantitative estimate of drug-likeness (QED) is 0.367. The van der Waals surface area contributed by atoms with Gasteiger partial charge in [0, 0.05) is 0 Å². The van der Waals surface area contributed by atoms with Crippen LogP contribution in [0.15, 0.2) is 10.4 Å². The zero-order valence-corrected chi connectivity index (χ0v) is 10.8. The first kappa shape index (κ1) is 12.9. The van der Waals surface area contributed by atoms with Gasteiger partial charge in [-0.05, 0) is 26.0 Å². The number of hydrogen-bond donors (Lipinski definition) is 1. The molecule has 1 aromatic rings. The predicted molar refractivity (Wildman–Crippen MR) is 70.8 cm³/mol. The fourth-order valence-electron chi connectivity index (χ4n) is 1.13. The van der Waals surface area contributed by atoms with Crippen LogP contribution in [0.2, 0.25) is 0 Å². The smallest absolute Gasteiger partial charge is 0.207 e. The van der Waals surface area contributed by atoms with Gasteiger partial charge in [0.2, 0.25) is 6.41 Å². The van der Waals surface area contributed by atoms with Crippen molar-refractivity contribution in [3.8, 4) is 0 Å². The summed E-state index contributed by atoms with van der Waals surface area (Å²) in [4.78, 5) is 19.4. The summed E-state index contributed by atoms with van der Waals surface area (Å²) >= 11 is 3.06. The zero-order valence-electron chi connectivity index (χ0n) is 9.19. The van der Waals surface area contributed by atoms with Gasteiger partial charge in [-0.25, -0.2) is 4.98 Å². The number of carbonyl (C=O) groups excluding carboxylic acids is 1. The lowest BCUT2D eigenvalue weighted by atomic mass is 10.3. The van der Waals surface area contributed by atoms with Crippen LogP contribution in [0.4, 0.5) is 0 Å². The third-order valence-electron chi connectivity index (χ3n) is 1.75. The van der Waals surface area contributed by atoms with Gasteiger partial charge in [0.1, 0.15) is 0 Å². The minimum atomic E-state index is 0.527. The van der Waals surface area contributed by atoms with Crippen LogP contribution in [0.3, 0.4) is 0 Å². The molecule has 16 heavy (non-hydrogen) atoms. The monoisotopic (exact) mass is 255 g/mol. The standard InChI is InChI=1S/C10H13N3OS2/c1-7-10(16-8(2)13-7)9(11-3)4-15-6-12-5-14/h4-5H,3,6H2,1-2H3,(H,12,14)/b9-4-. The lowest BCUT2D eigenvalue weighted by Gasteiger charge is -1.99. The van der Waals surface area contributed by atoms with E-state index in [1.165, 1.54) is 11.8 Å². The molecule has 1 heterocycles. The van der Waals surface area contributed by atoms with Gasteiger partial charge in [0.25, 0.3) is 0 Å². The van der Waals surface area contributed by atoms with E-state index in [0.29, 0.717) is 12.3 Å². The molecule has 0 saturated carbocycles. The normalized spacial score (nSPS) is 11.2. The molecule has 0 fully saturated rings. The topological polar surface area (TPSA) is 54.4 Å². The van der Waals surface area contributed by atoms with Crippen molar-refractivity contribution < 1.29 is 4.79 Å². The van der Waals surface area contributed by atoms with E-state index in [9.17, 15) is 4.79 Å². The fourth-order valence-corrected chi connectivity index (χ4v) is 2.71. The highest BCUT2D eigenvalue weighted by Crippen LogP contribution is 2.27. The number of hydrogen-bond acceptors (Lipinski definition) is 5. The van der Waals surface area contributed by atoms with Gasteiger partial charge >= 0.3 is 0 Å². The average molecular weight is 255 g/mol. The van der Waals surface area contributed by atoms with Crippen LogP contribution in [0, 0.1) is 13.8 Å². The van der Waals surface area contributed by atoms with Crippen molar-refractivity contribution >= 4 is 41.9 Å². The molecule has 0 aliphatic heterocycles. The molecular weight excluding hydrogens is 242 g/mol. The molecule has 1 rings (SSSR count). The number of aromatic nitrogens is 1. The molecule has 0 aromatic carbocycles. The van der Waals surface area contributed by atoms with Crippen LogP contribution in [-0.2, 0) is 4.79 Å². The first-order chi connectivity index (χ1) is 7.69. The molecule has 0 saturated heterocycles. The molecule has 0 bridgehead atoms. The first-order valence-corrected chi connectivity index (χ1v) is 6.45. The second-order valence-electron chi connectivity index (χ2n) is 2.94. The minimum Gasteiger partial charge on any atom is -0.349 e. The molecule has 1 N–H and O–H groups in total. The predicted octanol–water partition coefficient (Wildman–Crippen LogP) is 2.20. The third kappa shape index (κ3) is 3.46. The van der Waals surface area contributed by atoms with E-state index in [1.54, 1.807) is 11.3 Å². The summed E-state index contributed by atoms with van der Waals surface area (Å²) < 4.78 is 0. The second kappa shape index (κ2) is 6.44. The van der Waals surface area contributed by atoms with Gasteiger partial charge in [0.05, 0.1) is 27.2 Å². The first-order valence-electron chi connectivity index (χ1n) is 4.59. The number of carbonyl (C=O) groups is 1. The third-order valence-corrected chi connectivity index (χ3v) is 3.57. The maximum absolute atomic E-state index is 10.1. The van der Waals surface area contributed by atoms with Crippen molar-refractivity contribution in [3.05, 3.63) is 21.0 Å². The minimum absolute atomic E-state index is 0.527. The van der Waals surface area contributed by atoms with E-state index in [-0.39, 0.29) is 0 Å². The van der Waals surface area contributed by atoms with E-state index >= 15 is 0 Å². The van der Waals surface area contributed by atoms with Crippen molar-refractivity contribution in [3.63, 3.8) is 0 Å². The van der Waals surface area contributed by atoms with Crippen LogP contribution in [0.5, 0.6) is 0 Å². The Labute approximate surface area is 103 Å². The van der Waals surface area contributed by atoms with Crippen LogP contribution in [-0.4, -0.2) is 24.0 Å². The summed E-state index contributed by atoms with van der Waals surface area (Å²) in [5.74, 6) is 0.527. The van der Waals surface area contributed by atoms with Gasteiger partial charge in [0.15, 0.2) is 0 Å². The Morgan fingerprint density at radius 2 is 2.44 bits per heavy atom. The second-order valence-corrected chi connectivity index (χ2v) is 5.00. The van der Waals surface area contributed by atoms with Crippen molar-refractivity contribution in [1.82, 2.24) is 10.3 Å². The molecule has 0 spiro atoms. The molecule has 86 valence electrons. The summed E-state index contributed by atoms with van der Waals surface area (Å²) in [5, 5.41) is 5.45. The van der Waals surface area contributed by atoms with E-state index in [4.69, 9.17) is 0 Å². The SMILES string of the molecule is C=N/C(=C\SCNC=O)c1sc(C)nc1C. The molecule has 0 aliphatic carbocycles. The van der Waals surface area contributed by atoms with E-state index < -0.39 is 0 Å². The van der Waals surface area contributed by atoms with Crippen LogP contribution < -0.4 is 5.32 Å². The Morgan fingerprint density at radius 3 is 2.94 bits per heavy atom. The summed E-state index contributed by atoms with van der Waals surface area (Å²) in [6, 6.07) is 0. The molecule has 1 amide bonds. The van der Waals surface area contributed by atoms with E-state index in [0.717, 1.165) is 21.3 Å². The number of nitrogens with one attached hydrogen (secondary N) is 1. The maximum atomic E-state index is 10.1. The Kier molecular flexibility index (Phi) is 5.21. The van der Waals surface area contributed by atoms with Crippen molar-refractivity contribution in [2.24, 2.45) is 4.99 Å². The zero-order chi connectivity index (χ0) is 12.0. The van der Waals surface area contributed by atoms with Crippen LogP contribution in [0.25, 0.3) is 5.70 Å². The number of thioether (sulfide) groups is 1. The molecule has 0 atom stereocenters.